The lowest BCUT2D eigenvalue weighted by Crippen LogP contribution is -2.14. The highest BCUT2D eigenvalue weighted by molar-refractivity contribution is 5.80. The van der Waals surface area contributed by atoms with Crippen molar-refractivity contribution >= 4 is 12.1 Å². The first-order valence-electron chi connectivity index (χ1n) is 24.6. The van der Waals surface area contributed by atoms with Crippen molar-refractivity contribution in [3.8, 4) is 0 Å². The van der Waals surface area contributed by atoms with E-state index in [2.05, 4.69) is 13.8 Å². The molecule has 309 valence electrons. The van der Waals surface area contributed by atoms with Gasteiger partial charge < -0.3 is 0 Å². The van der Waals surface area contributed by atoms with Crippen molar-refractivity contribution in [3.63, 3.8) is 0 Å². The summed E-state index contributed by atoms with van der Waals surface area (Å²) in [6.45, 7) is 4.60. The molecule has 0 fully saturated rings. The van der Waals surface area contributed by atoms with Crippen molar-refractivity contribution in [1.29, 1.82) is 0 Å². The van der Waals surface area contributed by atoms with E-state index >= 15 is 0 Å². The van der Waals surface area contributed by atoms with Gasteiger partial charge in [-0.15, -0.1) is 0 Å². The number of ketones is 1. The van der Waals surface area contributed by atoms with E-state index in [-0.39, 0.29) is 0 Å². The first-order valence-corrected chi connectivity index (χ1v) is 24.6. The zero-order valence-electron chi connectivity index (χ0n) is 36.2. The Labute approximate surface area is 329 Å². The van der Waals surface area contributed by atoms with Crippen LogP contribution in [0.1, 0.15) is 303 Å². The van der Waals surface area contributed by atoms with Crippen LogP contribution >= 0.6 is 0 Å². The summed E-state index contributed by atoms with van der Waals surface area (Å²) in [6.07, 6.45) is 61.8. The van der Waals surface area contributed by atoms with Crippen LogP contribution in [-0.4, -0.2) is 12.1 Å². The van der Waals surface area contributed by atoms with Gasteiger partial charge in [0.05, 0.1) is 0 Å². The first kappa shape index (κ1) is 51.3. The summed E-state index contributed by atoms with van der Waals surface area (Å²) in [6, 6.07) is 0. The quantitative estimate of drug-likeness (QED) is 0.0585. The lowest BCUT2D eigenvalue weighted by molar-refractivity contribution is -0.123. The average Bonchev–Trinajstić information content (AvgIpc) is 3.15. The minimum Gasteiger partial charge on any atom is -0.299 e. The summed E-state index contributed by atoms with van der Waals surface area (Å²) < 4.78 is 0. The summed E-state index contributed by atoms with van der Waals surface area (Å²) in [5.41, 5.74) is 0. The standard InChI is InChI=1S/C50H97O2/c1-3-5-7-9-11-13-14-15-16-17-18-19-20-21-22-23-27-31-35-39-43-47-50(52)49(45-41-37-33-29-12-10-8-6-4-2)46-42-38-34-30-26-24-25-28-32-36-40-44-48-51/h49H,3-47H2,1-2H3. The average molecular weight is 730 g/mol. The fourth-order valence-corrected chi connectivity index (χ4v) is 8.28. The van der Waals surface area contributed by atoms with E-state index in [1.54, 1.807) is 0 Å². The minimum atomic E-state index is 0.339. The molecule has 0 bridgehead atoms. The van der Waals surface area contributed by atoms with E-state index in [0.717, 1.165) is 32.1 Å². The number of unbranched alkanes of at least 4 members (excludes halogenated alkanes) is 39. The van der Waals surface area contributed by atoms with Crippen LogP contribution < -0.4 is 0 Å². The van der Waals surface area contributed by atoms with E-state index in [0.29, 0.717) is 18.1 Å². The number of hydrogen-bond acceptors (Lipinski definition) is 2. The molecule has 0 heterocycles. The van der Waals surface area contributed by atoms with Crippen molar-refractivity contribution in [1.82, 2.24) is 0 Å². The summed E-state index contributed by atoms with van der Waals surface area (Å²) >= 11 is 0. The largest absolute Gasteiger partial charge is 0.299 e. The maximum atomic E-state index is 13.3. The molecule has 1 atom stereocenters. The van der Waals surface area contributed by atoms with Crippen LogP contribution in [0.5, 0.6) is 0 Å². The Bertz CT molecular complexity index is 671. The van der Waals surface area contributed by atoms with Gasteiger partial charge in [-0.3, -0.25) is 9.59 Å². The maximum absolute atomic E-state index is 13.3. The highest BCUT2D eigenvalue weighted by Crippen LogP contribution is 2.23. The zero-order valence-corrected chi connectivity index (χ0v) is 36.2. The molecule has 0 aromatic heterocycles. The predicted molar refractivity (Wildman–Crippen MR) is 233 cm³/mol. The van der Waals surface area contributed by atoms with Gasteiger partial charge in [-0.25, -0.2) is 0 Å². The zero-order chi connectivity index (χ0) is 37.7. The summed E-state index contributed by atoms with van der Waals surface area (Å²) in [7, 11) is 0. The Balaban J connectivity index is 3.90. The van der Waals surface area contributed by atoms with Crippen molar-refractivity contribution < 1.29 is 9.59 Å². The van der Waals surface area contributed by atoms with E-state index < -0.39 is 0 Å². The molecular formula is C50H97O2. The van der Waals surface area contributed by atoms with Gasteiger partial charge in [0.2, 0.25) is 0 Å². The summed E-state index contributed by atoms with van der Waals surface area (Å²) in [4.78, 5) is 23.6. The summed E-state index contributed by atoms with van der Waals surface area (Å²) in [5.74, 6) is 0.940. The van der Waals surface area contributed by atoms with Gasteiger partial charge in [0, 0.05) is 18.8 Å². The first-order chi connectivity index (χ1) is 25.8. The van der Waals surface area contributed by atoms with Crippen LogP contribution in [0.25, 0.3) is 0 Å². The Hall–Kier alpha value is -0.660. The molecule has 0 aromatic carbocycles. The van der Waals surface area contributed by atoms with Crippen LogP contribution in [0.15, 0.2) is 0 Å². The third kappa shape index (κ3) is 42.1. The van der Waals surface area contributed by atoms with Crippen molar-refractivity contribution in [3.05, 3.63) is 0 Å². The molecule has 2 heteroatoms. The maximum Gasteiger partial charge on any atom is 0.198 e. The van der Waals surface area contributed by atoms with E-state index in [1.807, 2.05) is 6.29 Å². The van der Waals surface area contributed by atoms with Crippen molar-refractivity contribution in [2.75, 3.05) is 0 Å². The lowest BCUT2D eigenvalue weighted by atomic mass is 9.88. The second-order valence-corrected chi connectivity index (χ2v) is 17.2. The van der Waals surface area contributed by atoms with Gasteiger partial charge >= 0.3 is 0 Å². The fourth-order valence-electron chi connectivity index (χ4n) is 8.28. The van der Waals surface area contributed by atoms with Crippen molar-refractivity contribution in [2.45, 2.75) is 303 Å². The molecule has 0 N–H and O–H groups in total. The molecule has 1 radical (unpaired) electrons. The van der Waals surface area contributed by atoms with E-state index in [4.69, 9.17) is 0 Å². The molecule has 0 aliphatic rings. The number of Topliss-reactive ketones (excluding diaryl/α,β-unsaturated/α-hetero) is 1. The van der Waals surface area contributed by atoms with E-state index in [9.17, 15) is 9.59 Å². The highest BCUT2D eigenvalue weighted by atomic mass is 16.1. The van der Waals surface area contributed by atoms with Crippen LogP contribution in [-0.2, 0) is 9.59 Å². The van der Waals surface area contributed by atoms with Crippen LogP contribution in [0.4, 0.5) is 0 Å². The van der Waals surface area contributed by atoms with Crippen molar-refractivity contribution in [2.24, 2.45) is 5.92 Å². The normalized spacial score (nSPS) is 12.1. The monoisotopic (exact) mass is 730 g/mol. The number of hydrogen-bond donors (Lipinski definition) is 0. The Morgan fingerprint density at radius 2 is 0.558 bits per heavy atom. The predicted octanol–water partition coefficient (Wildman–Crippen LogP) is 17.9. The molecule has 0 amide bonds. The molecule has 52 heavy (non-hydrogen) atoms. The third-order valence-corrected chi connectivity index (χ3v) is 12.0. The minimum absolute atomic E-state index is 0.339. The van der Waals surface area contributed by atoms with Gasteiger partial charge in [-0.05, 0) is 25.7 Å². The number of rotatable bonds is 47. The Morgan fingerprint density at radius 3 is 0.827 bits per heavy atom. The molecule has 0 spiro atoms. The van der Waals surface area contributed by atoms with Crippen LogP contribution in [0, 0.1) is 5.92 Å². The molecular weight excluding hydrogens is 633 g/mol. The molecule has 0 saturated heterocycles. The molecule has 0 aliphatic carbocycles. The van der Waals surface area contributed by atoms with Gasteiger partial charge in [0.1, 0.15) is 5.78 Å². The van der Waals surface area contributed by atoms with E-state index in [1.165, 1.54) is 250 Å². The van der Waals surface area contributed by atoms with Gasteiger partial charge in [0.15, 0.2) is 6.29 Å². The smallest absolute Gasteiger partial charge is 0.198 e. The molecule has 0 aromatic rings. The molecule has 1 unspecified atom stereocenters. The van der Waals surface area contributed by atoms with Gasteiger partial charge in [-0.1, -0.05) is 264 Å². The second kappa shape index (κ2) is 46.5. The lowest BCUT2D eigenvalue weighted by Gasteiger charge is -2.16. The number of carbonyl (C=O) groups excluding carboxylic acids is 2. The third-order valence-electron chi connectivity index (χ3n) is 12.0. The van der Waals surface area contributed by atoms with Gasteiger partial charge in [-0.2, -0.15) is 0 Å². The topological polar surface area (TPSA) is 34.1 Å². The molecule has 0 aliphatic heterocycles. The fraction of sp³-hybridized carbons (Fsp3) is 0.960. The van der Waals surface area contributed by atoms with Gasteiger partial charge in [0.25, 0.3) is 0 Å². The Kier molecular flexibility index (Phi) is 45.9. The molecule has 0 rings (SSSR count). The highest BCUT2D eigenvalue weighted by Gasteiger charge is 2.17. The molecule has 2 nitrogen and oxygen atoms in total. The number of carbonyl (C=O) groups is 1. The Morgan fingerprint density at radius 1 is 0.327 bits per heavy atom. The van der Waals surface area contributed by atoms with Crippen LogP contribution in [0.2, 0.25) is 0 Å². The van der Waals surface area contributed by atoms with Crippen LogP contribution in [0.3, 0.4) is 0 Å². The SMILES string of the molecule is CCCCCCCCCCCCCCCCCCCCCCCC(=O)C(CCCCCCCCCCC)CCCCCCCCCCCCC[C]=O. The second-order valence-electron chi connectivity index (χ2n) is 17.2. The summed E-state index contributed by atoms with van der Waals surface area (Å²) in [5, 5.41) is 0. The molecule has 0 saturated carbocycles.